The van der Waals surface area contributed by atoms with E-state index in [4.69, 9.17) is 0 Å². The Balaban J connectivity index is 1.95. The lowest BCUT2D eigenvalue weighted by Gasteiger charge is -2.27. The first-order chi connectivity index (χ1) is 9.94. The standard InChI is InChI=1S/C19H30N2/c1-16-8-7-13-21(14-16)15-18-10-6-5-9-17(18)11-12-20-19(2,3)4/h5-6,8-10,20H,7,11-15H2,1-4H3. The molecule has 1 aliphatic rings. The van der Waals surface area contributed by atoms with Crippen LogP contribution in [0.1, 0.15) is 45.2 Å². The fourth-order valence-corrected chi connectivity index (χ4v) is 2.89. The third kappa shape index (κ3) is 5.64. The minimum atomic E-state index is 0.198. The van der Waals surface area contributed by atoms with Crippen LogP contribution in [0, 0.1) is 0 Å². The van der Waals surface area contributed by atoms with Crippen molar-refractivity contribution in [1.29, 1.82) is 0 Å². The Morgan fingerprint density at radius 2 is 1.86 bits per heavy atom. The summed E-state index contributed by atoms with van der Waals surface area (Å²) in [5.74, 6) is 0. The zero-order chi connectivity index (χ0) is 15.3. The Bertz CT molecular complexity index is 483. The molecule has 0 radical (unpaired) electrons. The average molecular weight is 286 g/mol. The average Bonchev–Trinajstić information content (AvgIpc) is 2.39. The van der Waals surface area contributed by atoms with E-state index in [9.17, 15) is 0 Å². The van der Waals surface area contributed by atoms with Gasteiger partial charge in [0.2, 0.25) is 0 Å². The van der Waals surface area contributed by atoms with Gasteiger partial charge in [-0.1, -0.05) is 35.9 Å². The van der Waals surface area contributed by atoms with Crippen LogP contribution in [-0.4, -0.2) is 30.1 Å². The fraction of sp³-hybridized carbons (Fsp3) is 0.579. The second-order valence-corrected chi connectivity index (χ2v) is 7.25. The molecule has 1 heterocycles. The summed E-state index contributed by atoms with van der Waals surface area (Å²) in [5, 5.41) is 3.59. The maximum Gasteiger partial charge on any atom is 0.0240 e. The molecule has 0 saturated heterocycles. The van der Waals surface area contributed by atoms with Crippen LogP contribution in [0.3, 0.4) is 0 Å². The number of rotatable bonds is 5. The topological polar surface area (TPSA) is 15.3 Å². The molecule has 1 N–H and O–H groups in total. The largest absolute Gasteiger partial charge is 0.312 e. The van der Waals surface area contributed by atoms with Crippen molar-refractivity contribution in [3.05, 3.63) is 47.0 Å². The second-order valence-electron chi connectivity index (χ2n) is 7.25. The van der Waals surface area contributed by atoms with Gasteiger partial charge in [-0.05, 0) is 58.2 Å². The molecule has 0 bridgehead atoms. The van der Waals surface area contributed by atoms with Gasteiger partial charge in [0.25, 0.3) is 0 Å². The minimum Gasteiger partial charge on any atom is -0.312 e. The van der Waals surface area contributed by atoms with Gasteiger partial charge in [-0.25, -0.2) is 0 Å². The van der Waals surface area contributed by atoms with E-state index in [0.717, 1.165) is 26.1 Å². The number of hydrogen-bond acceptors (Lipinski definition) is 2. The summed E-state index contributed by atoms with van der Waals surface area (Å²) in [6.45, 7) is 13.3. The summed E-state index contributed by atoms with van der Waals surface area (Å²) in [6.07, 6.45) is 4.67. The molecule has 2 rings (SSSR count). The SMILES string of the molecule is CC1=CCCN(Cc2ccccc2CCNC(C)(C)C)C1. The summed E-state index contributed by atoms with van der Waals surface area (Å²) < 4.78 is 0. The molecular weight excluding hydrogens is 256 g/mol. The fourth-order valence-electron chi connectivity index (χ4n) is 2.89. The smallest absolute Gasteiger partial charge is 0.0240 e. The molecule has 0 aliphatic carbocycles. The highest BCUT2D eigenvalue weighted by atomic mass is 15.1. The van der Waals surface area contributed by atoms with E-state index in [1.807, 2.05) is 0 Å². The molecule has 1 aliphatic heterocycles. The molecule has 0 aromatic heterocycles. The van der Waals surface area contributed by atoms with Crippen molar-refractivity contribution >= 4 is 0 Å². The molecule has 21 heavy (non-hydrogen) atoms. The van der Waals surface area contributed by atoms with Gasteiger partial charge in [0.15, 0.2) is 0 Å². The Morgan fingerprint density at radius 3 is 2.52 bits per heavy atom. The lowest BCUT2D eigenvalue weighted by Crippen LogP contribution is -2.37. The van der Waals surface area contributed by atoms with Crippen molar-refractivity contribution in [2.75, 3.05) is 19.6 Å². The van der Waals surface area contributed by atoms with E-state index >= 15 is 0 Å². The lowest BCUT2D eigenvalue weighted by molar-refractivity contribution is 0.281. The van der Waals surface area contributed by atoms with Crippen LogP contribution in [0.4, 0.5) is 0 Å². The lowest BCUT2D eigenvalue weighted by atomic mass is 10.0. The quantitative estimate of drug-likeness (QED) is 0.829. The van der Waals surface area contributed by atoms with Crippen LogP contribution in [0.15, 0.2) is 35.9 Å². The van der Waals surface area contributed by atoms with Gasteiger partial charge in [-0.15, -0.1) is 0 Å². The molecule has 2 nitrogen and oxygen atoms in total. The third-order valence-corrected chi connectivity index (χ3v) is 3.97. The third-order valence-electron chi connectivity index (χ3n) is 3.97. The molecule has 0 unspecified atom stereocenters. The molecular formula is C19H30N2. The summed E-state index contributed by atoms with van der Waals surface area (Å²) in [6, 6.07) is 8.91. The number of nitrogens with zero attached hydrogens (tertiary/aromatic N) is 1. The van der Waals surface area contributed by atoms with Crippen LogP contribution in [0.2, 0.25) is 0 Å². The van der Waals surface area contributed by atoms with Crippen LogP contribution >= 0.6 is 0 Å². The van der Waals surface area contributed by atoms with E-state index in [1.165, 1.54) is 29.7 Å². The number of nitrogens with one attached hydrogen (secondary N) is 1. The predicted octanol–water partition coefficient (Wildman–Crippen LogP) is 3.77. The van der Waals surface area contributed by atoms with Gasteiger partial charge >= 0.3 is 0 Å². The van der Waals surface area contributed by atoms with Crippen LogP contribution in [-0.2, 0) is 13.0 Å². The first-order valence-electron chi connectivity index (χ1n) is 8.14. The highest BCUT2D eigenvalue weighted by molar-refractivity contribution is 5.27. The van der Waals surface area contributed by atoms with E-state index in [-0.39, 0.29) is 5.54 Å². The number of hydrogen-bond donors (Lipinski definition) is 1. The van der Waals surface area contributed by atoms with E-state index in [0.29, 0.717) is 0 Å². The molecule has 0 amide bonds. The summed E-state index contributed by atoms with van der Waals surface area (Å²) in [7, 11) is 0. The molecule has 1 aromatic carbocycles. The Labute approximate surface area is 130 Å². The maximum atomic E-state index is 3.59. The zero-order valence-electron chi connectivity index (χ0n) is 14.1. The highest BCUT2D eigenvalue weighted by Gasteiger charge is 2.13. The Kier molecular flexibility index (Phi) is 5.60. The first kappa shape index (κ1) is 16.3. The predicted molar refractivity (Wildman–Crippen MR) is 91.6 cm³/mol. The van der Waals surface area contributed by atoms with Crippen LogP contribution < -0.4 is 5.32 Å². The van der Waals surface area contributed by atoms with Crippen molar-refractivity contribution < 1.29 is 0 Å². The molecule has 0 saturated carbocycles. The van der Waals surface area contributed by atoms with E-state index in [1.54, 1.807) is 0 Å². The first-order valence-corrected chi connectivity index (χ1v) is 8.14. The Morgan fingerprint density at radius 1 is 1.14 bits per heavy atom. The van der Waals surface area contributed by atoms with Gasteiger partial charge < -0.3 is 5.32 Å². The second kappa shape index (κ2) is 7.24. The molecule has 2 heteroatoms. The monoisotopic (exact) mass is 286 g/mol. The summed E-state index contributed by atoms with van der Waals surface area (Å²) >= 11 is 0. The van der Waals surface area contributed by atoms with Crippen LogP contribution in [0.25, 0.3) is 0 Å². The summed E-state index contributed by atoms with van der Waals surface area (Å²) in [5.41, 5.74) is 4.68. The van der Waals surface area contributed by atoms with Gasteiger partial charge in [0.05, 0.1) is 0 Å². The van der Waals surface area contributed by atoms with Gasteiger partial charge in [0.1, 0.15) is 0 Å². The Hall–Kier alpha value is -1.12. The maximum absolute atomic E-state index is 3.59. The van der Waals surface area contributed by atoms with Crippen molar-refractivity contribution in [3.8, 4) is 0 Å². The van der Waals surface area contributed by atoms with Gasteiger partial charge in [0, 0.05) is 25.2 Å². The summed E-state index contributed by atoms with van der Waals surface area (Å²) in [4.78, 5) is 2.56. The molecule has 116 valence electrons. The molecule has 1 aromatic rings. The molecule has 0 fully saturated rings. The van der Waals surface area contributed by atoms with Crippen molar-refractivity contribution in [3.63, 3.8) is 0 Å². The van der Waals surface area contributed by atoms with Crippen molar-refractivity contribution in [2.45, 2.75) is 52.6 Å². The van der Waals surface area contributed by atoms with Crippen molar-refractivity contribution in [1.82, 2.24) is 10.2 Å². The van der Waals surface area contributed by atoms with Crippen molar-refractivity contribution in [2.24, 2.45) is 0 Å². The van der Waals surface area contributed by atoms with E-state index in [2.05, 4.69) is 68.3 Å². The van der Waals surface area contributed by atoms with E-state index < -0.39 is 0 Å². The van der Waals surface area contributed by atoms with Gasteiger partial charge in [-0.3, -0.25) is 4.90 Å². The minimum absolute atomic E-state index is 0.198. The van der Waals surface area contributed by atoms with Crippen LogP contribution in [0.5, 0.6) is 0 Å². The number of benzene rings is 1. The highest BCUT2D eigenvalue weighted by Crippen LogP contribution is 2.16. The molecule has 0 spiro atoms. The zero-order valence-corrected chi connectivity index (χ0v) is 14.1. The normalized spacial score (nSPS) is 16.9. The molecule has 0 atom stereocenters. The van der Waals surface area contributed by atoms with Gasteiger partial charge in [-0.2, -0.15) is 0 Å².